The summed E-state index contributed by atoms with van der Waals surface area (Å²) in [5.74, 6) is 0.636. The van der Waals surface area contributed by atoms with Crippen molar-refractivity contribution in [3.05, 3.63) is 50.6 Å². The number of amides is 2. The van der Waals surface area contributed by atoms with Gasteiger partial charge in [0.05, 0.1) is 15.8 Å². The second-order valence-corrected chi connectivity index (χ2v) is 9.53. The van der Waals surface area contributed by atoms with Crippen LogP contribution in [0.3, 0.4) is 0 Å². The van der Waals surface area contributed by atoms with E-state index in [1.165, 1.54) is 16.9 Å². The van der Waals surface area contributed by atoms with Gasteiger partial charge in [0, 0.05) is 32.7 Å². The minimum absolute atomic E-state index is 0.0243. The number of hydrogen-bond donors (Lipinski definition) is 1. The Labute approximate surface area is 184 Å². The number of carbonyl (C=O) groups is 2. The van der Waals surface area contributed by atoms with Crippen molar-refractivity contribution in [2.75, 3.05) is 39.8 Å². The second-order valence-electron chi connectivity index (χ2n) is 7.06. The fourth-order valence-electron chi connectivity index (χ4n) is 3.31. The maximum Gasteiger partial charge on any atom is 0.262 e. The van der Waals surface area contributed by atoms with E-state index in [-0.39, 0.29) is 11.8 Å². The maximum atomic E-state index is 12.7. The quantitative estimate of drug-likeness (QED) is 0.662. The van der Waals surface area contributed by atoms with Crippen molar-refractivity contribution in [1.82, 2.24) is 15.1 Å². The molecule has 156 valence electrons. The molecule has 1 N–H and O–H groups in total. The van der Waals surface area contributed by atoms with E-state index in [0.29, 0.717) is 18.0 Å². The summed E-state index contributed by atoms with van der Waals surface area (Å²) in [6, 6.07) is 11.2. The number of nitrogens with zero attached hydrogens (tertiary/aromatic N) is 2. The summed E-state index contributed by atoms with van der Waals surface area (Å²) >= 11 is 4.71. The van der Waals surface area contributed by atoms with Gasteiger partial charge in [0.2, 0.25) is 5.91 Å². The average Bonchev–Trinajstić information content (AvgIpc) is 3.19. The van der Waals surface area contributed by atoms with Gasteiger partial charge in [-0.2, -0.15) is 0 Å². The number of thiophene rings is 1. The summed E-state index contributed by atoms with van der Waals surface area (Å²) < 4.78 is 6.09. The van der Waals surface area contributed by atoms with Gasteiger partial charge in [-0.1, -0.05) is 12.1 Å². The molecule has 1 unspecified atom stereocenters. The zero-order valence-electron chi connectivity index (χ0n) is 16.7. The molecule has 0 saturated carbocycles. The Morgan fingerprint density at radius 1 is 1.14 bits per heavy atom. The number of carbonyl (C=O) groups excluding carboxylic acids is 2. The Kier molecular flexibility index (Phi) is 7.69. The van der Waals surface area contributed by atoms with Crippen LogP contribution in [0.25, 0.3) is 0 Å². The van der Waals surface area contributed by atoms with E-state index in [1.54, 1.807) is 20.1 Å². The normalized spacial score (nSPS) is 15.8. The molecule has 0 bridgehead atoms. The summed E-state index contributed by atoms with van der Waals surface area (Å²) in [7, 11) is 1.67. The minimum Gasteiger partial charge on any atom is -0.497 e. The number of rotatable bonds is 7. The molecule has 6 nitrogen and oxygen atoms in total. The van der Waals surface area contributed by atoms with Crippen molar-refractivity contribution in [3.8, 4) is 5.75 Å². The molecule has 1 fully saturated rings. The Balaban J connectivity index is 1.41. The first kappa shape index (κ1) is 21.8. The fraction of sp³-hybridized carbons (Fsp3) is 0.429. The van der Waals surface area contributed by atoms with Gasteiger partial charge in [-0.05, 0) is 59.1 Å². The predicted molar refractivity (Wildman–Crippen MR) is 119 cm³/mol. The van der Waals surface area contributed by atoms with Gasteiger partial charge in [0.25, 0.3) is 5.91 Å². The molecular formula is C21H26BrN3O3S. The molecule has 29 heavy (non-hydrogen) atoms. The molecule has 0 radical (unpaired) electrons. The highest BCUT2D eigenvalue weighted by atomic mass is 79.9. The van der Waals surface area contributed by atoms with E-state index in [2.05, 4.69) is 38.3 Å². The third-order valence-corrected chi connectivity index (χ3v) is 6.70. The van der Waals surface area contributed by atoms with Crippen molar-refractivity contribution in [2.45, 2.75) is 19.4 Å². The number of halogens is 1. The number of piperazine rings is 1. The van der Waals surface area contributed by atoms with E-state index < -0.39 is 6.04 Å². The third kappa shape index (κ3) is 6.04. The van der Waals surface area contributed by atoms with Crippen LogP contribution in [-0.2, 0) is 11.2 Å². The lowest BCUT2D eigenvalue weighted by atomic mass is 10.1. The molecule has 1 aliphatic rings. The van der Waals surface area contributed by atoms with Gasteiger partial charge in [0.1, 0.15) is 11.8 Å². The molecule has 0 aliphatic carbocycles. The molecule has 1 aliphatic heterocycles. The van der Waals surface area contributed by atoms with E-state index in [4.69, 9.17) is 4.74 Å². The number of ether oxygens (including phenoxy) is 1. The number of nitrogens with one attached hydrogen (secondary N) is 1. The molecule has 8 heteroatoms. The van der Waals surface area contributed by atoms with Crippen LogP contribution in [0.4, 0.5) is 0 Å². The van der Waals surface area contributed by atoms with Crippen LogP contribution in [0.2, 0.25) is 0 Å². The van der Waals surface area contributed by atoms with Crippen LogP contribution in [0.1, 0.15) is 22.2 Å². The lowest BCUT2D eigenvalue weighted by molar-refractivity contribution is -0.134. The molecule has 2 amide bonds. The largest absolute Gasteiger partial charge is 0.497 e. The van der Waals surface area contributed by atoms with Gasteiger partial charge < -0.3 is 15.0 Å². The van der Waals surface area contributed by atoms with Gasteiger partial charge in [-0.3, -0.25) is 14.5 Å². The lowest BCUT2D eigenvalue weighted by Gasteiger charge is -2.36. The molecule has 1 aromatic carbocycles. The van der Waals surface area contributed by atoms with Crippen LogP contribution in [0, 0.1) is 0 Å². The first-order chi connectivity index (χ1) is 14.0. The highest BCUT2D eigenvalue weighted by molar-refractivity contribution is 9.11. The molecule has 0 spiro atoms. The average molecular weight is 480 g/mol. The summed E-state index contributed by atoms with van der Waals surface area (Å²) in [6.07, 6.45) is 0.973. The zero-order valence-corrected chi connectivity index (χ0v) is 19.1. The first-order valence-corrected chi connectivity index (χ1v) is 11.3. The van der Waals surface area contributed by atoms with E-state index in [1.807, 2.05) is 23.1 Å². The fourth-order valence-corrected chi connectivity index (χ4v) is 4.60. The van der Waals surface area contributed by atoms with Crippen molar-refractivity contribution in [1.29, 1.82) is 0 Å². The summed E-state index contributed by atoms with van der Waals surface area (Å²) in [5.41, 5.74) is 1.28. The SMILES string of the molecule is COc1ccc(CCN2CCN(C(=O)C(C)NC(=O)c3ccc(Br)s3)CC2)cc1. The molecular weight excluding hydrogens is 454 g/mol. The van der Waals surface area contributed by atoms with Crippen LogP contribution in [0.5, 0.6) is 5.75 Å². The predicted octanol–water partition coefficient (Wildman–Crippen LogP) is 3.02. The Hall–Kier alpha value is -1.90. The summed E-state index contributed by atoms with van der Waals surface area (Å²) in [5, 5.41) is 2.81. The lowest BCUT2D eigenvalue weighted by Crippen LogP contribution is -2.54. The first-order valence-electron chi connectivity index (χ1n) is 9.66. The Morgan fingerprint density at radius 3 is 2.41 bits per heavy atom. The smallest absolute Gasteiger partial charge is 0.262 e. The summed E-state index contributed by atoms with van der Waals surface area (Å²) in [6.45, 7) is 5.78. The Morgan fingerprint density at radius 2 is 1.83 bits per heavy atom. The Bertz CT molecular complexity index is 832. The van der Waals surface area contributed by atoms with Crippen LogP contribution < -0.4 is 10.1 Å². The minimum atomic E-state index is -0.533. The van der Waals surface area contributed by atoms with E-state index in [9.17, 15) is 9.59 Å². The van der Waals surface area contributed by atoms with Gasteiger partial charge in [-0.25, -0.2) is 0 Å². The highest BCUT2D eigenvalue weighted by Crippen LogP contribution is 2.22. The van der Waals surface area contributed by atoms with Gasteiger partial charge >= 0.3 is 0 Å². The second kappa shape index (κ2) is 10.2. The molecule has 1 aromatic heterocycles. The molecule has 2 heterocycles. The highest BCUT2D eigenvalue weighted by Gasteiger charge is 2.26. The van der Waals surface area contributed by atoms with Crippen molar-refractivity contribution >= 4 is 39.1 Å². The summed E-state index contributed by atoms with van der Waals surface area (Å²) in [4.78, 5) is 29.8. The van der Waals surface area contributed by atoms with Crippen molar-refractivity contribution in [3.63, 3.8) is 0 Å². The standard InChI is InChI=1S/C21H26BrN3O3S/c1-15(23-20(26)18-7-8-19(22)29-18)21(27)25-13-11-24(12-14-25)10-9-16-3-5-17(28-2)6-4-16/h3-8,15H,9-14H2,1-2H3,(H,23,26). The van der Waals surface area contributed by atoms with Crippen LogP contribution >= 0.6 is 27.3 Å². The van der Waals surface area contributed by atoms with Crippen molar-refractivity contribution in [2.24, 2.45) is 0 Å². The van der Waals surface area contributed by atoms with Crippen LogP contribution in [-0.4, -0.2) is 67.5 Å². The number of methoxy groups -OCH3 is 1. The third-order valence-electron chi connectivity index (χ3n) is 5.07. The van der Waals surface area contributed by atoms with Gasteiger partial charge in [-0.15, -0.1) is 11.3 Å². The maximum absolute atomic E-state index is 12.7. The molecule has 1 atom stereocenters. The number of hydrogen-bond acceptors (Lipinski definition) is 5. The molecule has 2 aromatic rings. The van der Waals surface area contributed by atoms with Crippen LogP contribution in [0.15, 0.2) is 40.2 Å². The van der Waals surface area contributed by atoms with E-state index in [0.717, 1.165) is 35.6 Å². The van der Waals surface area contributed by atoms with Crippen molar-refractivity contribution < 1.29 is 14.3 Å². The van der Waals surface area contributed by atoms with Gasteiger partial charge in [0.15, 0.2) is 0 Å². The molecule has 3 rings (SSSR count). The monoisotopic (exact) mass is 479 g/mol. The molecule has 1 saturated heterocycles. The topological polar surface area (TPSA) is 61.9 Å². The number of benzene rings is 1. The zero-order chi connectivity index (χ0) is 20.8. The van der Waals surface area contributed by atoms with E-state index >= 15 is 0 Å².